The molecular formula is C16H20FNO2. The van der Waals surface area contributed by atoms with Gasteiger partial charge in [0.05, 0.1) is 18.8 Å². The highest BCUT2D eigenvalue weighted by molar-refractivity contribution is 5.87. The third-order valence-electron chi connectivity index (χ3n) is 3.37. The van der Waals surface area contributed by atoms with E-state index in [4.69, 9.17) is 4.74 Å². The molecule has 1 N–H and O–H groups in total. The van der Waals surface area contributed by atoms with Crippen molar-refractivity contribution < 1.29 is 13.9 Å². The molecule has 1 heterocycles. The minimum atomic E-state index is -0.896. The fraction of sp³-hybridized carbons (Fsp3) is 0.438. The number of nitrogens with one attached hydrogen (secondary N) is 1. The molecule has 0 saturated carbocycles. The van der Waals surface area contributed by atoms with E-state index in [1.165, 1.54) is 13.0 Å². The number of benzene rings is 1. The summed E-state index contributed by atoms with van der Waals surface area (Å²) in [7, 11) is 0. The Labute approximate surface area is 118 Å². The lowest BCUT2D eigenvalue weighted by Gasteiger charge is -2.25. The molecule has 4 heteroatoms. The topological polar surface area (TPSA) is 38.3 Å². The Hall–Kier alpha value is -1.52. The average Bonchev–Trinajstić information content (AvgIpc) is 2.80. The second-order valence-electron chi connectivity index (χ2n) is 5.26. The number of allylic oxidation sites excluding steroid dienone is 1. The highest BCUT2D eigenvalue weighted by Crippen LogP contribution is 2.24. The summed E-state index contributed by atoms with van der Waals surface area (Å²) >= 11 is 0. The number of halogens is 1. The number of hydrogen-bond acceptors (Lipinski definition) is 3. The van der Waals surface area contributed by atoms with E-state index in [1.807, 2.05) is 30.3 Å². The van der Waals surface area contributed by atoms with Crippen molar-refractivity contribution in [2.24, 2.45) is 0 Å². The normalized spacial score (nSPS) is 26.2. The van der Waals surface area contributed by atoms with Gasteiger partial charge in [0.2, 0.25) is 0 Å². The van der Waals surface area contributed by atoms with E-state index in [0.29, 0.717) is 26.2 Å². The van der Waals surface area contributed by atoms with E-state index >= 15 is 0 Å². The van der Waals surface area contributed by atoms with Crippen molar-refractivity contribution >= 4 is 5.78 Å². The standard InChI is InChI=1S/C16H20FNO2/c1-13(19)7-8-16(9-15(17)10-18-16)12-20-11-14-5-3-2-4-6-14/h2-8,15,18H,9-12H2,1H3/b8-7+/t15-,16+/m1/s1. The van der Waals surface area contributed by atoms with Gasteiger partial charge in [-0.3, -0.25) is 4.79 Å². The smallest absolute Gasteiger partial charge is 0.152 e. The zero-order chi connectivity index (χ0) is 14.4. The molecule has 0 amide bonds. The SMILES string of the molecule is CC(=O)/C=C/[C@@]1(COCc2ccccc2)C[C@@H](F)CN1. The number of ether oxygens (including phenoxy) is 1. The van der Waals surface area contributed by atoms with Crippen molar-refractivity contribution in [3.63, 3.8) is 0 Å². The lowest BCUT2D eigenvalue weighted by molar-refractivity contribution is -0.112. The molecular weight excluding hydrogens is 257 g/mol. The van der Waals surface area contributed by atoms with Crippen LogP contribution < -0.4 is 5.32 Å². The maximum atomic E-state index is 13.5. The van der Waals surface area contributed by atoms with Crippen molar-refractivity contribution in [1.29, 1.82) is 0 Å². The summed E-state index contributed by atoms with van der Waals surface area (Å²) in [5.74, 6) is -0.0449. The number of ketones is 1. The molecule has 20 heavy (non-hydrogen) atoms. The average molecular weight is 277 g/mol. The minimum absolute atomic E-state index is 0.0449. The molecule has 2 rings (SSSR count). The van der Waals surface area contributed by atoms with E-state index < -0.39 is 11.7 Å². The molecule has 0 aromatic heterocycles. The molecule has 0 bridgehead atoms. The van der Waals surface area contributed by atoms with E-state index in [2.05, 4.69) is 5.32 Å². The van der Waals surface area contributed by atoms with Gasteiger partial charge in [-0.1, -0.05) is 36.4 Å². The van der Waals surface area contributed by atoms with Gasteiger partial charge in [0, 0.05) is 13.0 Å². The molecule has 108 valence electrons. The van der Waals surface area contributed by atoms with Crippen LogP contribution in [-0.4, -0.2) is 30.6 Å². The first kappa shape index (κ1) is 14.9. The van der Waals surface area contributed by atoms with Crippen LogP contribution >= 0.6 is 0 Å². The molecule has 1 fully saturated rings. The van der Waals surface area contributed by atoms with Gasteiger partial charge in [0.15, 0.2) is 5.78 Å². The quantitative estimate of drug-likeness (QED) is 0.812. The Morgan fingerprint density at radius 1 is 1.50 bits per heavy atom. The van der Waals surface area contributed by atoms with E-state index in [1.54, 1.807) is 6.08 Å². The first-order valence-electron chi connectivity index (χ1n) is 6.80. The van der Waals surface area contributed by atoms with Crippen LogP contribution in [0.3, 0.4) is 0 Å². The Balaban J connectivity index is 1.93. The summed E-state index contributed by atoms with van der Waals surface area (Å²) in [4.78, 5) is 11.1. The lowest BCUT2D eigenvalue weighted by Crippen LogP contribution is -2.42. The van der Waals surface area contributed by atoms with Gasteiger partial charge in [-0.25, -0.2) is 4.39 Å². The number of carbonyl (C=O) groups excluding carboxylic acids is 1. The van der Waals surface area contributed by atoms with Gasteiger partial charge < -0.3 is 10.1 Å². The van der Waals surface area contributed by atoms with Gasteiger partial charge in [-0.15, -0.1) is 0 Å². The van der Waals surface area contributed by atoms with Crippen LogP contribution in [-0.2, 0) is 16.1 Å². The van der Waals surface area contributed by atoms with Gasteiger partial charge in [-0.05, 0) is 18.6 Å². The third-order valence-corrected chi connectivity index (χ3v) is 3.37. The summed E-state index contributed by atoms with van der Waals surface area (Å²) < 4.78 is 19.2. The van der Waals surface area contributed by atoms with Crippen LogP contribution in [0.25, 0.3) is 0 Å². The Morgan fingerprint density at radius 3 is 2.85 bits per heavy atom. The number of alkyl halides is 1. The summed E-state index contributed by atoms with van der Waals surface area (Å²) in [5, 5.41) is 3.12. The van der Waals surface area contributed by atoms with Crippen molar-refractivity contribution in [2.45, 2.75) is 31.7 Å². The molecule has 0 unspecified atom stereocenters. The molecule has 3 nitrogen and oxygen atoms in total. The maximum absolute atomic E-state index is 13.5. The van der Waals surface area contributed by atoms with Gasteiger partial charge >= 0.3 is 0 Å². The van der Waals surface area contributed by atoms with Crippen molar-refractivity contribution in [2.75, 3.05) is 13.2 Å². The Bertz CT molecular complexity index is 475. The van der Waals surface area contributed by atoms with Gasteiger partial charge in [0.25, 0.3) is 0 Å². The van der Waals surface area contributed by atoms with Crippen LogP contribution in [0.15, 0.2) is 42.5 Å². The van der Waals surface area contributed by atoms with Crippen LogP contribution in [0.1, 0.15) is 18.9 Å². The van der Waals surface area contributed by atoms with Crippen LogP contribution in [0.2, 0.25) is 0 Å². The number of rotatable bonds is 6. The first-order valence-corrected chi connectivity index (χ1v) is 6.80. The Kier molecular flexibility index (Phi) is 5.04. The monoisotopic (exact) mass is 277 g/mol. The van der Waals surface area contributed by atoms with Gasteiger partial charge in [-0.2, -0.15) is 0 Å². The molecule has 1 aliphatic rings. The van der Waals surface area contributed by atoms with Crippen molar-refractivity contribution in [3.8, 4) is 0 Å². The van der Waals surface area contributed by atoms with E-state index in [0.717, 1.165) is 5.56 Å². The number of hydrogen-bond donors (Lipinski definition) is 1. The van der Waals surface area contributed by atoms with Crippen LogP contribution in [0.4, 0.5) is 4.39 Å². The summed E-state index contributed by atoms with van der Waals surface area (Å²) in [6, 6.07) is 9.83. The predicted octanol–water partition coefficient (Wildman–Crippen LogP) is 2.42. The fourth-order valence-corrected chi connectivity index (χ4v) is 2.34. The minimum Gasteiger partial charge on any atom is -0.375 e. The van der Waals surface area contributed by atoms with Crippen LogP contribution in [0, 0.1) is 0 Å². The van der Waals surface area contributed by atoms with Gasteiger partial charge in [0.1, 0.15) is 6.17 Å². The molecule has 0 radical (unpaired) electrons. The second kappa shape index (κ2) is 6.77. The maximum Gasteiger partial charge on any atom is 0.152 e. The van der Waals surface area contributed by atoms with E-state index in [-0.39, 0.29) is 5.78 Å². The molecule has 1 aliphatic heterocycles. The highest BCUT2D eigenvalue weighted by Gasteiger charge is 2.37. The number of carbonyl (C=O) groups is 1. The van der Waals surface area contributed by atoms with E-state index in [9.17, 15) is 9.18 Å². The lowest BCUT2D eigenvalue weighted by atomic mass is 9.97. The predicted molar refractivity (Wildman–Crippen MR) is 76.2 cm³/mol. The molecule has 1 aromatic carbocycles. The van der Waals surface area contributed by atoms with Crippen molar-refractivity contribution in [3.05, 3.63) is 48.0 Å². The second-order valence-corrected chi connectivity index (χ2v) is 5.26. The molecule has 0 spiro atoms. The zero-order valence-electron chi connectivity index (χ0n) is 11.6. The largest absolute Gasteiger partial charge is 0.375 e. The molecule has 1 aromatic rings. The molecule has 1 saturated heterocycles. The van der Waals surface area contributed by atoms with Crippen molar-refractivity contribution in [1.82, 2.24) is 5.32 Å². The zero-order valence-corrected chi connectivity index (χ0v) is 11.6. The third kappa shape index (κ3) is 4.25. The highest BCUT2D eigenvalue weighted by atomic mass is 19.1. The summed E-state index contributed by atoms with van der Waals surface area (Å²) in [6.07, 6.45) is 2.66. The van der Waals surface area contributed by atoms with Crippen LogP contribution in [0.5, 0.6) is 0 Å². The molecule has 0 aliphatic carbocycles. The molecule has 2 atom stereocenters. The fourth-order valence-electron chi connectivity index (χ4n) is 2.34. The summed E-state index contributed by atoms with van der Waals surface area (Å²) in [6.45, 7) is 2.62. The summed E-state index contributed by atoms with van der Waals surface area (Å²) in [5.41, 5.74) is 0.507. The first-order chi connectivity index (χ1) is 9.60. The Morgan fingerprint density at radius 2 is 2.25 bits per heavy atom.